The topological polar surface area (TPSA) is 80.9 Å². The molecule has 2 aromatic rings. The van der Waals surface area contributed by atoms with Gasteiger partial charge in [-0.1, -0.05) is 0 Å². The van der Waals surface area contributed by atoms with Crippen molar-refractivity contribution in [3.8, 4) is 0 Å². The number of nitrogens with zero attached hydrogens (tertiary/aromatic N) is 2. The molecule has 1 amide bonds. The van der Waals surface area contributed by atoms with Crippen LogP contribution < -0.4 is 11.1 Å². The summed E-state index contributed by atoms with van der Waals surface area (Å²) in [7, 11) is 0. The lowest BCUT2D eigenvalue weighted by Crippen LogP contribution is -2.13. The van der Waals surface area contributed by atoms with Crippen LogP contribution in [-0.2, 0) is 0 Å². The van der Waals surface area contributed by atoms with Crippen molar-refractivity contribution in [1.29, 1.82) is 0 Å². The van der Waals surface area contributed by atoms with Crippen molar-refractivity contribution in [3.05, 3.63) is 47.4 Å². The number of amides is 1. The van der Waals surface area contributed by atoms with Gasteiger partial charge in [0, 0.05) is 17.0 Å². The molecule has 5 heteroatoms. The maximum atomic E-state index is 12.0. The number of rotatable bonds is 2. The van der Waals surface area contributed by atoms with E-state index in [4.69, 9.17) is 5.73 Å². The van der Waals surface area contributed by atoms with Gasteiger partial charge in [0.05, 0.1) is 11.9 Å². The Bertz CT molecular complexity index is 558. The lowest BCUT2D eigenvalue weighted by atomic mass is 10.2. The van der Waals surface area contributed by atoms with Gasteiger partial charge in [0.2, 0.25) is 0 Å². The van der Waals surface area contributed by atoms with Gasteiger partial charge in [-0.2, -0.15) is 0 Å². The largest absolute Gasteiger partial charge is 0.384 e. The number of pyridine rings is 2. The molecule has 0 aliphatic rings. The van der Waals surface area contributed by atoms with Crippen molar-refractivity contribution in [2.75, 3.05) is 11.1 Å². The molecule has 0 aliphatic heterocycles. The van der Waals surface area contributed by atoms with E-state index in [0.29, 0.717) is 22.8 Å². The van der Waals surface area contributed by atoms with E-state index < -0.39 is 0 Å². The molecule has 2 aromatic heterocycles. The Morgan fingerprint density at radius 1 is 1.22 bits per heavy atom. The lowest BCUT2D eigenvalue weighted by molar-refractivity contribution is 0.102. The summed E-state index contributed by atoms with van der Waals surface area (Å²) < 4.78 is 0. The number of hydrogen-bond acceptors (Lipinski definition) is 4. The highest BCUT2D eigenvalue weighted by atomic mass is 16.1. The van der Waals surface area contributed by atoms with Gasteiger partial charge in [-0.25, -0.2) is 4.98 Å². The first-order valence-corrected chi connectivity index (χ1v) is 5.53. The third kappa shape index (κ3) is 2.82. The van der Waals surface area contributed by atoms with E-state index in [-0.39, 0.29) is 5.91 Å². The van der Waals surface area contributed by atoms with Crippen molar-refractivity contribution in [3.63, 3.8) is 0 Å². The van der Waals surface area contributed by atoms with Gasteiger partial charge in [-0.15, -0.1) is 0 Å². The average molecular weight is 242 g/mol. The summed E-state index contributed by atoms with van der Waals surface area (Å²) >= 11 is 0. The van der Waals surface area contributed by atoms with Crippen LogP contribution in [0.4, 0.5) is 11.5 Å². The summed E-state index contributed by atoms with van der Waals surface area (Å²) in [5.41, 5.74) is 8.36. The molecule has 5 nitrogen and oxygen atoms in total. The number of nitrogens with two attached hydrogens (primary N) is 1. The second-order valence-corrected chi connectivity index (χ2v) is 4.06. The van der Waals surface area contributed by atoms with Gasteiger partial charge in [0.1, 0.15) is 5.82 Å². The number of hydrogen-bond donors (Lipinski definition) is 2. The van der Waals surface area contributed by atoms with Gasteiger partial charge in [0.25, 0.3) is 5.91 Å². The normalized spacial score (nSPS) is 10.1. The summed E-state index contributed by atoms with van der Waals surface area (Å²) in [5.74, 6) is 0.111. The van der Waals surface area contributed by atoms with Gasteiger partial charge in [-0.3, -0.25) is 9.78 Å². The molecular formula is C13H14N4O. The molecule has 0 aromatic carbocycles. The Hall–Kier alpha value is -2.43. The standard InChI is InChI=1S/C13H14N4O/c1-8-3-4-11(7-15-8)17-13(18)10-5-9(2)16-12(14)6-10/h3-7H,1-2H3,(H2,14,16)(H,17,18). The van der Waals surface area contributed by atoms with Crippen LogP contribution >= 0.6 is 0 Å². The maximum Gasteiger partial charge on any atom is 0.255 e. The Morgan fingerprint density at radius 2 is 2.00 bits per heavy atom. The predicted molar refractivity (Wildman–Crippen MR) is 70.3 cm³/mol. The first-order chi connectivity index (χ1) is 8.54. The van der Waals surface area contributed by atoms with Crippen molar-refractivity contribution in [1.82, 2.24) is 9.97 Å². The van der Waals surface area contributed by atoms with Gasteiger partial charge >= 0.3 is 0 Å². The summed E-state index contributed by atoms with van der Waals surface area (Å²) in [4.78, 5) is 20.1. The molecule has 92 valence electrons. The quantitative estimate of drug-likeness (QED) is 0.843. The molecule has 2 rings (SSSR count). The first kappa shape index (κ1) is 12.0. The number of carbonyl (C=O) groups excluding carboxylic acids is 1. The van der Waals surface area contributed by atoms with Crippen LogP contribution in [0, 0.1) is 13.8 Å². The monoisotopic (exact) mass is 242 g/mol. The van der Waals surface area contributed by atoms with E-state index in [1.165, 1.54) is 0 Å². The zero-order chi connectivity index (χ0) is 13.1. The SMILES string of the molecule is Cc1ccc(NC(=O)c2cc(C)nc(N)c2)cn1. The highest BCUT2D eigenvalue weighted by molar-refractivity contribution is 6.04. The Kier molecular flexibility index (Phi) is 3.23. The molecule has 0 saturated carbocycles. The molecule has 0 fully saturated rings. The minimum Gasteiger partial charge on any atom is -0.384 e. The fourth-order valence-electron chi connectivity index (χ4n) is 1.57. The van der Waals surface area contributed by atoms with Gasteiger partial charge < -0.3 is 11.1 Å². The van der Waals surface area contributed by atoms with Crippen molar-refractivity contribution in [2.45, 2.75) is 13.8 Å². The van der Waals surface area contributed by atoms with Crippen LogP contribution in [-0.4, -0.2) is 15.9 Å². The molecule has 0 aliphatic carbocycles. The molecule has 18 heavy (non-hydrogen) atoms. The first-order valence-electron chi connectivity index (χ1n) is 5.53. The zero-order valence-electron chi connectivity index (χ0n) is 10.3. The van der Waals surface area contributed by atoms with Crippen LogP contribution in [0.3, 0.4) is 0 Å². The molecule has 3 N–H and O–H groups in total. The minimum absolute atomic E-state index is 0.224. The van der Waals surface area contributed by atoms with E-state index in [9.17, 15) is 4.79 Å². The predicted octanol–water partition coefficient (Wildman–Crippen LogP) is 1.93. The summed E-state index contributed by atoms with van der Waals surface area (Å²) in [6.45, 7) is 3.68. The van der Waals surface area contributed by atoms with E-state index in [2.05, 4.69) is 15.3 Å². The van der Waals surface area contributed by atoms with Crippen molar-refractivity contribution < 1.29 is 4.79 Å². The highest BCUT2D eigenvalue weighted by Gasteiger charge is 2.08. The molecular weight excluding hydrogens is 228 g/mol. The van der Waals surface area contributed by atoms with Crippen LogP contribution in [0.25, 0.3) is 0 Å². The molecule has 0 spiro atoms. The summed E-state index contributed by atoms with van der Waals surface area (Å²) in [6, 6.07) is 6.87. The molecule has 2 heterocycles. The lowest BCUT2D eigenvalue weighted by Gasteiger charge is -2.06. The number of aromatic nitrogens is 2. The van der Waals surface area contributed by atoms with Gasteiger partial charge in [0.15, 0.2) is 0 Å². The zero-order valence-corrected chi connectivity index (χ0v) is 10.3. The number of aryl methyl sites for hydroxylation is 2. The van der Waals surface area contributed by atoms with Gasteiger partial charge in [-0.05, 0) is 38.1 Å². The van der Waals surface area contributed by atoms with E-state index in [0.717, 1.165) is 5.69 Å². The minimum atomic E-state index is -0.224. The maximum absolute atomic E-state index is 12.0. The summed E-state index contributed by atoms with van der Waals surface area (Å²) in [5, 5.41) is 2.76. The van der Waals surface area contributed by atoms with E-state index in [1.807, 2.05) is 13.0 Å². The number of nitrogen functional groups attached to an aromatic ring is 1. The molecule has 0 saturated heterocycles. The third-order valence-electron chi connectivity index (χ3n) is 2.40. The molecule has 0 radical (unpaired) electrons. The second-order valence-electron chi connectivity index (χ2n) is 4.06. The van der Waals surface area contributed by atoms with Crippen molar-refractivity contribution >= 4 is 17.4 Å². The molecule has 0 atom stereocenters. The number of anilines is 2. The Morgan fingerprint density at radius 3 is 2.61 bits per heavy atom. The molecule has 0 unspecified atom stereocenters. The highest BCUT2D eigenvalue weighted by Crippen LogP contribution is 2.11. The third-order valence-corrected chi connectivity index (χ3v) is 2.40. The number of nitrogens with one attached hydrogen (secondary N) is 1. The van der Waals surface area contributed by atoms with Crippen LogP contribution in [0.5, 0.6) is 0 Å². The Balaban J connectivity index is 2.19. The fourth-order valence-corrected chi connectivity index (χ4v) is 1.57. The van der Waals surface area contributed by atoms with E-state index >= 15 is 0 Å². The van der Waals surface area contributed by atoms with Crippen LogP contribution in [0.2, 0.25) is 0 Å². The fraction of sp³-hybridized carbons (Fsp3) is 0.154. The smallest absolute Gasteiger partial charge is 0.255 e. The molecule has 0 bridgehead atoms. The van der Waals surface area contributed by atoms with Crippen LogP contribution in [0.15, 0.2) is 30.5 Å². The van der Waals surface area contributed by atoms with Crippen molar-refractivity contribution in [2.24, 2.45) is 0 Å². The second kappa shape index (κ2) is 4.83. The van der Waals surface area contributed by atoms with Crippen LogP contribution in [0.1, 0.15) is 21.7 Å². The summed E-state index contributed by atoms with van der Waals surface area (Å²) in [6.07, 6.45) is 1.62. The average Bonchev–Trinajstić information content (AvgIpc) is 2.31. The van der Waals surface area contributed by atoms with E-state index in [1.54, 1.807) is 31.3 Å². The number of carbonyl (C=O) groups is 1. The Labute approximate surface area is 105 Å².